The summed E-state index contributed by atoms with van der Waals surface area (Å²) in [5.74, 6) is -5.34. The van der Waals surface area contributed by atoms with Gasteiger partial charge in [0.05, 0.1) is 11.8 Å². The number of alkyl halides is 2. The maximum Gasteiger partial charge on any atom is 0.307 e. The van der Waals surface area contributed by atoms with Gasteiger partial charge < -0.3 is 10.4 Å². The molecule has 2 atom stereocenters. The summed E-state index contributed by atoms with van der Waals surface area (Å²) in [5.41, 5.74) is 2.40. The summed E-state index contributed by atoms with van der Waals surface area (Å²) in [6.45, 7) is 1.87. The number of fused-ring (bicyclic) bond motifs is 1. The molecule has 2 N–H and O–H groups in total. The molecule has 1 amide bonds. The predicted octanol–water partition coefficient (Wildman–Crippen LogP) is 5.13. The van der Waals surface area contributed by atoms with E-state index in [1.807, 2.05) is 12.3 Å². The molecule has 4 rings (SSSR count). The zero-order chi connectivity index (χ0) is 20.8. The molecule has 5 nitrogen and oxygen atoms in total. The minimum atomic E-state index is -2.74. The number of thiazole rings is 1. The van der Waals surface area contributed by atoms with E-state index in [4.69, 9.17) is 0 Å². The van der Waals surface area contributed by atoms with Gasteiger partial charge in [-0.25, -0.2) is 13.8 Å². The molecule has 0 aliphatic heterocycles. The van der Waals surface area contributed by atoms with E-state index in [1.54, 1.807) is 0 Å². The minimum Gasteiger partial charge on any atom is -0.481 e. The molecule has 9 heteroatoms. The molecule has 2 aliphatic carbocycles. The number of hydrogen-bond acceptors (Lipinski definition) is 5. The van der Waals surface area contributed by atoms with Crippen LogP contribution in [0.4, 0.5) is 13.8 Å². The van der Waals surface area contributed by atoms with Gasteiger partial charge in [-0.15, -0.1) is 22.7 Å². The van der Waals surface area contributed by atoms with E-state index >= 15 is 0 Å². The number of carbonyl (C=O) groups is 2. The summed E-state index contributed by atoms with van der Waals surface area (Å²) in [5, 5.41) is 15.5. The minimum absolute atomic E-state index is 0.217. The third-order valence-corrected chi connectivity index (χ3v) is 7.87. The van der Waals surface area contributed by atoms with Crippen LogP contribution in [0.2, 0.25) is 0 Å². The van der Waals surface area contributed by atoms with Crippen molar-refractivity contribution in [3.8, 4) is 10.6 Å². The van der Waals surface area contributed by atoms with Crippen LogP contribution in [0.25, 0.3) is 10.6 Å². The third-order valence-electron chi connectivity index (χ3n) is 5.74. The number of aryl methyl sites for hydroxylation is 1. The second kappa shape index (κ2) is 7.75. The zero-order valence-electron chi connectivity index (χ0n) is 16.0. The number of nitrogens with one attached hydrogen (secondary N) is 1. The highest BCUT2D eigenvalue weighted by Gasteiger charge is 2.40. The van der Waals surface area contributed by atoms with Gasteiger partial charge in [-0.2, -0.15) is 0 Å². The van der Waals surface area contributed by atoms with Crippen LogP contribution in [0.3, 0.4) is 0 Å². The Morgan fingerprint density at radius 2 is 2.00 bits per heavy atom. The van der Waals surface area contributed by atoms with Crippen LogP contribution < -0.4 is 5.32 Å². The fourth-order valence-corrected chi connectivity index (χ4v) is 6.55. The van der Waals surface area contributed by atoms with Crippen molar-refractivity contribution in [2.45, 2.75) is 57.8 Å². The smallest absolute Gasteiger partial charge is 0.307 e. The molecular weight excluding hydrogens is 418 g/mol. The molecule has 1 fully saturated rings. The van der Waals surface area contributed by atoms with Gasteiger partial charge in [0, 0.05) is 34.4 Å². The van der Waals surface area contributed by atoms with Crippen molar-refractivity contribution in [2.75, 3.05) is 5.32 Å². The molecule has 0 spiro atoms. The van der Waals surface area contributed by atoms with Crippen molar-refractivity contribution in [3.05, 3.63) is 21.5 Å². The van der Waals surface area contributed by atoms with Crippen LogP contribution in [-0.4, -0.2) is 27.9 Å². The predicted molar refractivity (Wildman–Crippen MR) is 109 cm³/mol. The van der Waals surface area contributed by atoms with E-state index in [0.717, 1.165) is 29.7 Å². The van der Waals surface area contributed by atoms with Crippen LogP contribution in [0, 0.1) is 18.8 Å². The first-order valence-electron chi connectivity index (χ1n) is 9.74. The van der Waals surface area contributed by atoms with Gasteiger partial charge in [0.25, 0.3) is 5.92 Å². The second-order valence-corrected chi connectivity index (χ2v) is 9.82. The number of anilines is 1. The van der Waals surface area contributed by atoms with Crippen LogP contribution in [-0.2, 0) is 22.4 Å². The number of amides is 1. The molecular formula is C20H22F2N2O3S2. The van der Waals surface area contributed by atoms with E-state index < -0.39 is 23.7 Å². The van der Waals surface area contributed by atoms with E-state index in [2.05, 4.69) is 10.3 Å². The summed E-state index contributed by atoms with van der Waals surface area (Å²) in [6.07, 6.45) is 2.31. The molecule has 0 radical (unpaired) electrons. The zero-order valence-corrected chi connectivity index (χ0v) is 17.6. The molecule has 29 heavy (non-hydrogen) atoms. The van der Waals surface area contributed by atoms with Crippen LogP contribution in [0.1, 0.15) is 48.2 Å². The lowest BCUT2D eigenvalue weighted by atomic mass is 9.78. The maximum atomic E-state index is 14.0. The van der Waals surface area contributed by atoms with Crippen molar-refractivity contribution in [1.29, 1.82) is 0 Å². The topological polar surface area (TPSA) is 79.3 Å². The van der Waals surface area contributed by atoms with Gasteiger partial charge in [-0.1, -0.05) is 12.8 Å². The number of thiophene rings is 1. The second-order valence-electron chi connectivity index (χ2n) is 7.86. The Morgan fingerprint density at radius 3 is 2.66 bits per heavy atom. The standard InChI is InChI=1S/C20H22F2N2O3S2/c1-10-9-28-17(23-10)15-13-6-7-20(21,22)8-14(13)29-18(15)24-16(25)11-4-2-3-5-12(11)19(26)27/h9,11-12H,2-8H2,1H3,(H,24,25)(H,26,27)/t11-,12-/m1/s1. The van der Waals surface area contributed by atoms with Crippen molar-refractivity contribution in [3.63, 3.8) is 0 Å². The van der Waals surface area contributed by atoms with Gasteiger partial charge in [0.15, 0.2) is 0 Å². The molecule has 0 unspecified atom stereocenters. The first-order valence-corrected chi connectivity index (χ1v) is 11.4. The van der Waals surface area contributed by atoms with Gasteiger partial charge in [0.2, 0.25) is 5.91 Å². The Balaban J connectivity index is 1.69. The summed E-state index contributed by atoms with van der Waals surface area (Å²) in [4.78, 5) is 29.6. The molecule has 2 aliphatic rings. The highest BCUT2D eigenvalue weighted by molar-refractivity contribution is 7.18. The van der Waals surface area contributed by atoms with Gasteiger partial charge in [0.1, 0.15) is 10.0 Å². The van der Waals surface area contributed by atoms with E-state index in [9.17, 15) is 23.5 Å². The molecule has 0 saturated heterocycles. The summed E-state index contributed by atoms with van der Waals surface area (Å²) < 4.78 is 27.9. The average molecular weight is 441 g/mol. The van der Waals surface area contributed by atoms with Crippen molar-refractivity contribution in [2.24, 2.45) is 11.8 Å². The number of halogens is 2. The Hall–Kier alpha value is -1.87. The maximum absolute atomic E-state index is 14.0. The monoisotopic (exact) mass is 440 g/mol. The van der Waals surface area contributed by atoms with Gasteiger partial charge in [-0.05, 0) is 31.7 Å². The average Bonchev–Trinajstić information content (AvgIpc) is 3.23. The molecule has 156 valence electrons. The fourth-order valence-electron chi connectivity index (χ4n) is 4.28. The van der Waals surface area contributed by atoms with Crippen LogP contribution in [0.5, 0.6) is 0 Å². The number of rotatable bonds is 4. The Bertz CT molecular complexity index is 954. The number of nitrogens with zero attached hydrogens (tertiary/aromatic N) is 1. The van der Waals surface area contributed by atoms with E-state index in [-0.39, 0.29) is 25.2 Å². The summed E-state index contributed by atoms with van der Waals surface area (Å²) in [6, 6.07) is 0. The Labute approximate surface area is 175 Å². The van der Waals surface area contributed by atoms with E-state index in [0.29, 0.717) is 27.7 Å². The first-order chi connectivity index (χ1) is 13.7. The SMILES string of the molecule is Cc1csc(-c2c(NC(=O)[C@@H]3CCCC[C@H]3C(=O)O)sc3c2CCC(F)(F)C3)n1. The Kier molecular flexibility index (Phi) is 5.46. The van der Waals surface area contributed by atoms with Crippen molar-refractivity contribution < 1.29 is 23.5 Å². The Morgan fingerprint density at radius 1 is 1.28 bits per heavy atom. The largest absolute Gasteiger partial charge is 0.481 e. The quantitative estimate of drug-likeness (QED) is 0.691. The fraction of sp³-hybridized carbons (Fsp3) is 0.550. The summed E-state index contributed by atoms with van der Waals surface area (Å²) in [7, 11) is 0. The van der Waals surface area contributed by atoms with Gasteiger partial charge in [-0.3, -0.25) is 9.59 Å². The highest BCUT2D eigenvalue weighted by atomic mass is 32.1. The molecule has 2 aromatic heterocycles. The van der Waals surface area contributed by atoms with Crippen LogP contribution >= 0.6 is 22.7 Å². The lowest BCUT2D eigenvalue weighted by Gasteiger charge is -2.27. The molecule has 1 saturated carbocycles. The van der Waals surface area contributed by atoms with E-state index in [1.165, 1.54) is 22.7 Å². The third kappa shape index (κ3) is 4.07. The molecule has 0 aromatic carbocycles. The van der Waals surface area contributed by atoms with Crippen LogP contribution in [0.15, 0.2) is 5.38 Å². The first kappa shape index (κ1) is 20.4. The lowest BCUT2D eigenvalue weighted by molar-refractivity contribution is -0.147. The van der Waals surface area contributed by atoms with Gasteiger partial charge >= 0.3 is 5.97 Å². The number of carbonyl (C=O) groups excluding carboxylic acids is 1. The number of hydrogen-bond donors (Lipinski definition) is 2. The number of carboxylic acid groups (broad SMARTS) is 1. The lowest BCUT2D eigenvalue weighted by Crippen LogP contribution is -2.35. The van der Waals surface area contributed by atoms with Crippen molar-refractivity contribution >= 4 is 39.6 Å². The summed E-state index contributed by atoms with van der Waals surface area (Å²) >= 11 is 2.60. The highest BCUT2D eigenvalue weighted by Crippen LogP contribution is 2.48. The van der Waals surface area contributed by atoms with Crippen molar-refractivity contribution in [1.82, 2.24) is 4.98 Å². The number of aliphatic carboxylic acids is 1. The normalized spacial score (nSPS) is 23.4. The molecule has 2 aromatic rings. The number of carboxylic acids is 1. The molecule has 0 bridgehead atoms. The number of aromatic nitrogens is 1. The molecule has 2 heterocycles.